The van der Waals surface area contributed by atoms with Crippen LogP contribution in [0.3, 0.4) is 0 Å². The van der Waals surface area contributed by atoms with Crippen LogP contribution in [0.1, 0.15) is 45.1 Å². The van der Waals surface area contributed by atoms with Crippen LogP contribution in [-0.2, 0) is 5.41 Å². The molecule has 0 aliphatic rings. The van der Waals surface area contributed by atoms with Gasteiger partial charge in [-0.2, -0.15) is 0 Å². The molecular formula is C10H17NO2. The minimum Gasteiger partial charge on any atom is -0.395 e. The maximum Gasteiger partial charge on any atom is 0.139 e. The molecule has 0 saturated carbocycles. The molecule has 0 aliphatic carbocycles. The predicted molar refractivity (Wildman–Crippen MR) is 50.7 cm³/mol. The molecule has 3 heteroatoms. The van der Waals surface area contributed by atoms with E-state index in [0.29, 0.717) is 5.92 Å². The lowest BCUT2D eigenvalue weighted by Crippen LogP contribution is -2.22. The molecule has 0 unspecified atom stereocenters. The zero-order valence-corrected chi connectivity index (χ0v) is 8.66. The largest absolute Gasteiger partial charge is 0.395 e. The van der Waals surface area contributed by atoms with Crippen molar-refractivity contribution in [1.82, 2.24) is 5.16 Å². The molecule has 0 aliphatic heterocycles. The second kappa shape index (κ2) is 3.50. The Morgan fingerprint density at radius 2 is 2.15 bits per heavy atom. The van der Waals surface area contributed by atoms with Crippen LogP contribution in [0.4, 0.5) is 0 Å². The molecule has 1 heterocycles. The average Bonchev–Trinajstić information content (AvgIpc) is 2.52. The first-order valence-electron chi connectivity index (χ1n) is 4.55. The van der Waals surface area contributed by atoms with E-state index < -0.39 is 0 Å². The molecule has 3 nitrogen and oxygen atoms in total. The van der Waals surface area contributed by atoms with Gasteiger partial charge in [-0.25, -0.2) is 0 Å². The first-order valence-corrected chi connectivity index (χ1v) is 4.55. The maximum atomic E-state index is 9.11. The molecule has 0 saturated heterocycles. The van der Waals surface area contributed by atoms with Crippen LogP contribution in [0, 0.1) is 0 Å². The van der Waals surface area contributed by atoms with Gasteiger partial charge >= 0.3 is 0 Å². The van der Waals surface area contributed by atoms with Gasteiger partial charge in [-0.1, -0.05) is 32.9 Å². The second-order valence-corrected chi connectivity index (χ2v) is 4.31. The van der Waals surface area contributed by atoms with Crippen LogP contribution in [0.15, 0.2) is 10.6 Å². The van der Waals surface area contributed by atoms with Gasteiger partial charge in [0.1, 0.15) is 5.76 Å². The molecule has 1 rings (SSSR count). The summed E-state index contributed by atoms with van der Waals surface area (Å²) in [6.07, 6.45) is 0. The number of hydrogen-bond donors (Lipinski definition) is 1. The van der Waals surface area contributed by atoms with Gasteiger partial charge in [0.2, 0.25) is 0 Å². The van der Waals surface area contributed by atoms with Crippen molar-refractivity contribution in [3.8, 4) is 0 Å². The molecule has 0 aromatic carbocycles. The van der Waals surface area contributed by atoms with E-state index in [1.165, 1.54) is 0 Å². The third-order valence-corrected chi connectivity index (χ3v) is 2.19. The summed E-state index contributed by atoms with van der Waals surface area (Å²) in [7, 11) is 0. The van der Waals surface area contributed by atoms with Gasteiger partial charge in [-0.3, -0.25) is 0 Å². The van der Waals surface area contributed by atoms with Crippen LogP contribution >= 0.6 is 0 Å². The van der Waals surface area contributed by atoms with Crippen molar-refractivity contribution < 1.29 is 9.63 Å². The quantitative estimate of drug-likeness (QED) is 0.780. The topological polar surface area (TPSA) is 46.3 Å². The molecule has 0 bridgehead atoms. The van der Waals surface area contributed by atoms with Crippen molar-refractivity contribution in [2.45, 2.75) is 39.0 Å². The third kappa shape index (κ3) is 2.10. The van der Waals surface area contributed by atoms with Crippen LogP contribution in [-0.4, -0.2) is 16.9 Å². The summed E-state index contributed by atoms with van der Waals surface area (Å²) < 4.78 is 5.15. The van der Waals surface area contributed by atoms with Crippen LogP contribution < -0.4 is 0 Å². The summed E-state index contributed by atoms with van der Waals surface area (Å²) in [5, 5.41) is 13.1. The summed E-state index contributed by atoms with van der Waals surface area (Å²) in [5.41, 5.74) is 0.509. The van der Waals surface area contributed by atoms with Gasteiger partial charge in [0.25, 0.3) is 0 Å². The molecule has 0 fully saturated rings. The summed E-state index contributed by atoms with van der Waals surface area (Å²) in [4.78, 5) is 0. The Labute approximate surface area is 78.7 Å². The third-order valence-electron chi connectivity index (χ3n) is 2.19. The molecule has 0 spiro atoms. The zero-order valence-electron chi connectivity index (χ0n) is 8.66. The van der Waals surface area contributed by atoms with Gasteiger partial charge in [0, 0.05) is 17.4 Å². The summed E-state index contributed by atoms with van der Waals surface area (Å²) in [5.74, 6) is 1.22. The standard InChI is InChI=1S/C10H17NO2/c1-7(2)8-5-9(11-13-8)10(3,4)6-12/h5,7,12H,6H2,1-4H3. The summed E-state index contributed by atoms with van der Waals surface area (Å²) in [6, 6.07) is 1.92. The zero-order chi connectivity index (χ0) is 10.1. The first kappa shape index (κ1) is 10.3. The Balaban J connectivity index is 2.91. The smallest absolute Gasteiger partial charge is 0.139 e. The molecule has 0 amide bonds. The molecule has 0 atom stereocenters. The summed E-state index contributed by atoms with van der Waals surface area (Å²) >= 11 is 0. The SMILES string of the molecule is CC(C)c1cc(C(C)(C)CO)no1. The Kier molecular flexibility index (Phi) is 2.76. The van der Waals surface area contributed by atoms with Gasteiger partial charge in [-0.05, 0) is 0 Å². The fourth-order valence-electron chi connectivity index (χ4n) is 0.961. The molecule has 1 aromatic heterocycles. The van der Waals surface area contributed by atoms with E-state index >= 15 is 0 Å². The number of aromatic nitrogens is 1. The van der Waals surface area contributed by atoms with Crippen molar-refractivity contribution in [3.63, 3.8) is 0 Å². The first-order chi connectivity index (χ1) is 5.97. The van der Waals surface area contributed by atoms with Crippen LogP contribution in [0.5, 0.6) is 0 Å². The van der Waals surface area contributed by atoms with Crippen molar-refractivity contribution in [1.29, 1.82) is 0 Å². The summed E-state index contributed by atoms with van der Waals surface area (Å²) in [6.45, 7) is 8.06. The maximum absolute atomic E-state index is 9.11. The minimum atomic E-state index is -0.309. The van der Waals surface area contributed by atoms with E-state index in [2.05, 4.69) is 19.0 Å². The molecule has 13 heavy (non-hydrogen) atoms. The number of aliphatic hydroxyl groups excluding tert-OH is 1. The highest BCUT2D eigenvalue weighted by molar-refractivity contribution is 5.16. The Morgan fingerprint density at radius 1 is 1.54 bits per heavy atom. The van der Waals surface area contributed by atoms with E-state index in [-0.39, 0.29) is 12.0 Å². The van der Waals surface area contributed by atoms with Crippen molar-refractivity contribution in [2.75, 3.05) is 6.61 Å². The van der Waals surface area contributed by atoms with Crippen molar-refractivity contribution in [3.05, 3.63) is 17.5 Å². The van der Waals surface area contributed by atoms with Gasteiger partial charge in [0.05, 0.1) is 12.3 Å². The monoisotopic (exact) mass is 183 g/mol. The Bertz CT molecular complexity index is 276. The minimum absolute atomic E-state index is 0.0804. The fraction of sp³-hybridized carbons (Fsp3) is 0.700. The highest BCUT2D eigenvalue weighted by atomic mass is 16.5. The Morgan fingerprint density at radius 3 is 2.54 bits per heavy atom. The van der Waals surface area contributed by atoms with Gasteiger partial charge in [0.15, 0.2) is 0 Å². The fourth-order valence-corrected chi connectivity index (χ4v) is 0.961. The molecular weight excluding hydrogens is 166 g/mol. The van der Waals surface area contributed by atoms with Crippen molar-refractivity contribution >= 4 is 0 Å². The normalized spacial score (nSPS) is 12.5. The lowest BCUT2D eigenvalue weighted by molar-refractivity contribution is 0.210. The highest BCUT2D eigenvalue weighted by Gasteiger charge is 2.24. The molecule has 0 radical (unpaired) electrons. The molecule has 74 valence electrons. The van der Waals surface area contributed by atoms with Gasteiger partial charge in [-0.15, -0.1) is 0 Å². The number of aliphatic hydroxyl groups is 1. The van der Waals surface area contributed by atoms with Crippen molar-refractivity contribution in [2.24, 2.45) is 0 Å². The van der Waals surface area contributed by atoms with Crippen LogP contribution in [0.25, 0.3) is 0 Å². The lowest BCUT2D eigenvalue weighted by atomic mass is 9.90. The van der Waals surface area contributed by atoms with E-state index in [9.17, 15) is 0 Å². The Hall–Kier alpha value is -0.830. The number of hydrogen-bond acceptors (Lipinski definition) is 3. The highest BCUT2D eigenvalue weighted by Crippen LogP contribution is 2.24. The predicted octanol–water partition coefficient (Wildman–Crippen LogP) is 2.07. The van der Waals surface area contributed by atoms with E-state index in [4.69, 9.17) is 9.63 Å². The average molecular weight is 183 g/mol. The number of nitrogens with zero attached hydrogens (tertiary/aromatic N) is 1. The van der Waals surface area contributed by atoms with E-state index in [1.54, 1.807) is 0 Å². The lowest BCUT2D eigenvalue weighted by Gasteiger charge is -2.17. The van der Waals surface area contributed by atoms with Crippen LogP contribution in [0.2, 0.25) is 0 Å². The van der Waals surface area contributed by atoms with Gasteiger partial charge < -0.3 is 9.63 Å². The van der Waals surface area contributed by atoms with E-state index in [0.717, 1.165) is 11.5 Å². The van der Waals surface area contributed by atoms with E-state index in [1.807, 2.05) is 19.9 Å². The molecule has 1 N–H and O–H groups in total. The molecule has 1 aromatic rings. The second-order valence-electron chi connectivity index (χ2n) is 4.31. The number of rotatable bonds is 3.